The molecule has 2 aliphatic heterocycles. The predicted octanol–water partition coefficient (Wildman–Crippen LogP) is 3.13. The van der Waals surface area contributed by atoms with E-state index in [0.717, 1.165) is 11.1 Å². The highest BCUT2D eigenvalue weighted by Crippen LogP contribution is 2.44. The molecule has 2 saturated heterocycles. The molecule has 0 amide bonds. The summed E-state index contributed by atoms with van der Waals surface area (Å²) in [6.07, 6.45) is -0.145. The second-order valence-electron chi connectivity index (χ2n) is 6.34. The monoisotopic (exact) mass is 340 g/mol. The first-order valence-corrected chi connectivity index (χ1v) is 8.39. The Morgan fingerprint density at radius 2 is 1.92 bits per heavy atom. The van der Waals surface area contributed by atoms with E-state index in [0.29, 0.717) is 31.3 Å². The molecule has 2 heterocycles. The van der Waals surface area contributed by atoms with Crippen molar-refractivity contribution in [1.29, 1.82) is 0 Å². The van der Waals surface area contributed by atoms with Gasteiger partial charge in [0.25, 0.3) is 0 Å². The topological polar surface area (TPSA) is 54.0 Å². The minimum Gasteiger partial charge on any atom is -0.493 e. The second-order valence-corrected chi connectivity index (χ2v) is 6.34. The quantitative estimate of drug-likeness (QED) is 0.783. The lowest BCUT2D eigenvalue weighted by atomic mass is 9.90. The Labute approximate surface area is 146 Å². The van der Waals surface area contributed by atoms with Crippen molar-refractivity contribution in [1.82, 2.24) is 0 Å². The number of carbonyl (C=O) groups is 1. The van der Waals surface area contributed by atoms with Crippen molar-refractivity contribution in [2.45, 2.75) is 12.7 Å². The lowest BCUT2D eigenvalue weighted by Gasteiger charge is -2.18. The van der Waals surface area contributed by atoms with Crippen LogP contribution in [0.15, 0.2) is 48.5 Å². The highest BCUT2D eigenvalue weighted by Gasteiger charge is 2.48. The van der Waals surface area contributed by atoms with Crippen LogP contribution in [0.25, 0.3) is 0 Å². The van der Waals surface area contributed by atoms with Gasteiger partial charge in [-0.25, -0.2) is 0 Å². The van der Waals surface area contributed by atoms with Crippen molar-refractivity contribution in [3.63, 3.8) is 0 Å². The highest BCUT2D eigenvalue weighted by molar-refractivity contribution is 5.75. The van der Waals surface area contributed by atoms with E-state index < -0.39 is 0 Å². The van der Waals surface area contributed by atoms with E-state index in [2.05, 4.69) is 0 Å². The number of carbonyl (C=O) groups excluding carboxylic acids is 1. The summed E-state index contributed by atoms with van der Waals surface area (Å²) in [5.74, 6) is 1.12. The Morgan fingerprint density at radius 1 is 1.08 bits per heavy atom. The number of ether oxygens (including phenoxy) is 4. The molecule has 0 unspecified atom stereocenters. The van der Waals surface area contributed by atoms with Crippen LogP contribution in [0.1, 0.15) is 17.2 Å². The maximum atomic E-state index is 11.7. The first-order chi connectivity index (χ1) is 12.3. The van der Waals surface area contributed by atoms with E-state index in [9.17, 15) is 4.79 Å². The van der Waals surface area contributed by atoms with Gasteiger partial charge in [0.05, 0.1) is 32.3 Å². The third kappa shape index (κ3) is 3.07. The maximum absolute atomic E-state index is 11.7. The first-order valence-electron chi connectivity index (χ1n) is 8.39. The molecule has 0 spiro atoms. The standard InChI is InChI=1S/C20H20O5/c1-22-18-9-14(19-15-11-25-20(21)16(15)12-24-19)7-8-17(18)23-10-13-5-3-2-4-6-13/h2-9,15-16,19H,10-12H2,1H3/t15-,16-,19+/m0/s1. The zero-order valence-corrected chi connectivity index (χ0v) is 14.0. The Balaban J connectivity index is 1.51. The lowest BCUT2D eigenvalue weighted by molar-refractivity contribution is -0.142. The average molecular weight is 340 g/mol. The Hall–Kier alpha value is -2.53. The van der Waals surface area contributed by atoms with Crippen LogP contribution < -0.4 is 9.47 Å². The minimum absolute atomic E-state index is 0.0771. The van der Waals surface area contributed by atoms with E-state index in [-0.39, 0.29) is 23.9 Å². The Bertz CT molecular complexity index is 758. The smallest absolute Gasteiger partial charge is 0.311 e. The van der Waals surface area contributed by atoms with E-state index in [4.69, 9.17) is 18.9 Å². The number of hydrogen-bond donors (Lipinski definition) is 0. The van der Waals surface area contributed by atoms with Crippen LogP contribution >= 0.6 is 0 Å². The fraction of sp³-hybridized carbons (Fsp3) is 0.350. The molecule has 5 heteroatoms. The third-order valence-electron chi connectivity index (χ3n) is 4.84. The van der Waals surface area contributed by atoms with Gasteiger partial charge in [0.15, 0.2) is 11.5 Å². The largest absolute Gasteiger partial charge is 0.493 e. The lowest BCUT2D eigenvalue weighted by Crippen LogP contribution is -2.14. The zero-order chi connectivity index (χ0) is 17.2. The van der Waals surface area contributed by atoms with Crippen molar-refractivity contribution in [2.24, 2.45) is 11.8 Å². The summed E-state index contributed by atoms with van der Waals surface area (Å²) >= 11 is 0. The van der Waals surface area contributed by atoms with E-state index in [1.165, 1.54) is 0 Å². The molecule has 5 nitrogen and oxygen atoms in total. The molecule has 2 aromatic rings. The molecule has 25 heavy (non-hydrogen) atoms. The van der Waals surface area contributed by atoms with Crippen molar-refractivity contribution in [2.75, 3.05) is 20.3 Å². The molecule has 2 aromatic carbocycles. The normalized spacial score (nSPS) is 24.7. The van der Waals surface area contributed by atoms with E-state index in [1.807, 2.05) is 48.5 Å². The van der Waals surface area contributed by atoms with Gasteiger partial charge in [-0.3, -0.25) is 4.79 Å². The van der Waals surface area contributed by atoms with Gasteiger partial charge in [0, 0.05) is 5.92 Å². The SMILES string of the molecule is COc1cc([C@H]2OC[C@@H]3C(=O)OC[C@@H]32)ccc1OCc1ccccc1. The van der Waals surface area contributed by atoms with Gasteiger partial charge in [0.2, 0.25) is 0 Å². The molecule has 0 aromatic heterocycles. The van der Waals surface area contributed by atoms with Crippen LogP contribution in [0.2, 0.25) is 0 Å². The van der Waals surface area contributed by atoms with Crippen LogP contribution in [0.3, 0.4) is 0 Å². The summed E-state index contributed by atoms with van der Waals surface area (Å²) in [5.41, 5.74) is 2.08. The molecule has 2 aliphatic rings. The van der Waals surface area contributed by atoms with Gasteiger partial charge in [-0.2, -0.15) is 0 Å². The number of rotatable bonds is 5. The van der Waals surface area contributed by atoms with Crippen molar-refractivity contribution in [3.05, 3.63) is 59.7 Å². The third-order valence-corrected chi connectivity index (χ3v) is 4.84. The van der Waals surface area contributed by atoms with Gasteiger partial charge >= 0.3 is 5.97 Å². The first kappa shape index (κ1) is 16.0. The van der Waals surface area contributed by atoms with Crippen molar-refractivity contribution >= 4 is 5.97 Å². The van der Waals surface area contributed by atoms with Crippen LogP contribution in [0.4, 0.5) is 0 Å². The highest BCUT2D eigenvalue weighted by atomic mass is 16.6. The Morgan fingerprint density at radius 3 is 2.72 bits per heavy atom. The molecule has 0 N–H and O–H groups in total. The number of fused-ring (bicyclic) bond motifs is 1. The van der Waals surface area contributed by atoms with Crippen LogP contribution in [0, 0.1) is 11.8 Å². The second kappa shape index (κ2) is 6.76. The molecule has 0 bridgehead atoms. The summed E-state index contributed by atoms with van der Waals surface area (Å²) in [7, 11) is 1.62. The van der Waals surface area contributed by atoms with Crippen LogP contribution in [-0.4, -0.2) is 26.3 Å². The van der Waals surface area contributed by atoms with E-state index >= 15 is 0 Å². The summed E-state index contributed by atoms with van der Waals surface area (Å²) < 4.78 is 22.4. The number of benzene rings is 2. The minimum atomic E-state index is -0.151. The average Bonchev–Trinajstić information content (AvgIpc) is 3.24. The molecular weight excluding hydrogens is 320 g/mol. The number of cyclic esters (lactones) is 1. The maximum Gasteiger partial charge on any atom is 0.311 e. The van der Waals surface area contributed by atoms with Gasteiger partial charge < -0.3 is 18.9 Å². The van der Waals surface area contributed by atoms with Crippen molar-refractivity contribution < 1.29 is 23.7 Å². The van der Waals surface area contributed by atoms with Gasteiger partial charge in [-0.05, 0) is 23.3 Å². The fourth-order valence-corrected chi connectivity index (χ4v) is 3.46. The van der Waals surface area contributed by atoms with Gasteiger partial charge in [0.1, 0.15) is 6.61 Å². The van der Waals surface area contributed by atoms with E-state index in [1.54, 1.807) is 7.11 Å². The zero-order valence-electron chi connectivity index (χ0n) is 14.0. The molecule has 2 fully saturated rings. The van der Waals surface area contributed by atoms with Crippen LogP contribution in [0.5, 0.6) is 11.5 Å². The molecule has 3 atom stereocenters. The Kier molecular flexibility index (Phi) is 4.32. The molecule has 0 saturated carbocycles. The predicted molar refractivity (Wildman–Crippen MR) is 90.4 cm³/mol. The molecule has 0 aliphatic carbocycles. The number of hydrogen-bond acceptors (Lipinski definition) is 5. The molecular formula is C20H20O5. The molecule has 130 valence electrons. The van der Waals surface area contributed by atoms with Gasteiger partial charge in [-0.15, -0.1) is 0 Å². The summed E-state index contributed by atoms with van der Waals surface area (Å²) in [5, 5.41) is 0. The van der Waals surface area contributed by atoms with Gasteiger partial charge in [-0.1, -0.05) is 36.4 Å². The number of esters is 1. The fourth-order valence-electron chi connectivity index (χ4n) is 3.46. The summed E-state index contributed by atoms with van der Waals surface area (Å²) in [6.45, 7) is 1.31. The summed E-state index contributed by atoms with van der Waals surface area (Å²) in [4.78, 5) is 11.7. The van der Waals surface area contributed by atoms with Crippen LogP contribution in [-0.2, 0) is 20.9 Å². The molecule has 4 rings (SSSR count). The molecule has 0 radical (unpaired) electrons. The number of methoxy groups -OCH3 is 1. The summed E-state index contributed by atoms with van der Waals surface area (Å²) in [6, 6.07) is 15.8. The van der Waals surface area contributed by atoms with Crippen molar-refractivity contribution in [3.8, 4) is 11.5 Å².